The van der Waals surface area contributed by atoms with E-state index >= 15 is 0 Å². The largest absolute Gasteiger partial charge is 0.494 e. The first kappa shape index (κ1) is 24.7. The normalized spacial score (nSPS) is 37.1. The number of amides is 1. The molecule has 1 saturated heterocycles. The molecule has 0 unspecified atom stereocenters. The summed E-state index contributed by atoms with van der Waals surface area (Å²) < 4.78 is 19.4. The van der Waals surface area contributed by atoms with Crippen LogP contribution in [0.2, 0.25) is 0 Å². The third-order valence-corrected chi connectivity index (χ3v) is 9.56. The molecular formula is C29H41FN2O3. The van der Waals surface area contributed by atoms with E-state index in [2.05, 4.69) is 41.4 Å². The molecule has 1 aliphatic heterocycles. The zero-order valence-corrected chi connectivity index (χ0v) is 21.3. The molecular weight excluding hydrogens is 443 g/mol. The number of carbonyl (C=O) groups is 2. The molecule has 192 valence electrons. The lowest BCUT2D eigenvalue weighted by atomic mass is 9.53. The third kappa shape index (κ3) is 4.75. The van der Waals surface area contributed by atoms with Gasteiger partial charge in [0, 0.05) is 49.9 Å². The van der Waals surface area contributed by atoms with Gasteiger partial charge in [-0.25, -0.2) is 4.39 Å². The molecule has 0 aromatic carbocycles. The fraction of sp³-hybridized carbons (Fsp3) is 0.724. The minimum atomic E-state index is -0.622. The number of likely N-dealkylation sites (tertiary alicyclic amines) is 1. The maximum absolute atomic E-state index is 13.3. The summed E-state index contributed by atoms with van der Waals surface area (Å²) in [6, 6.07) is 0. The van der Waals surface area contributed by atoms with Crippen LogP contribution in [-0.2, 0) is 14.3 Å². The number of hydrogen-bond acceptors (Lipinski definition) is 4. The highest BCUT2D eigenvalue weighted by Crippen LogP contribution is 2.61. The third-order valence-electron chi connectivity index (χ3n) is 9.56. The van der Waals surface area contributed by atoms with Gasteiger partial charge >= 0.3 is 0 Å². The van der Waals surface area contributed by atoms with Crippen LogP contribution in [0.15, 0.2) is 35.6 Å². The molecule has 0 spiro atoms. The van der Waals surface area contributed by atoms with Crippen molar-refractivity contribution in [3.63, 3.8) is 0 Å². The van der Waals surface area contributed by atoms with Gasteiger partial charge in [0.15, 0.2) is 0 Å². The number of hydrogen-bond donors (Lipinski definition) is 1. The zero-order valence-electron chi connectivity index (χ0n) is 21.3. The van der Waals surface area contributed by atoms with E-state index in [0.29, 0.717) is 50.2 Å². The SMILES string of the molecule is CCNC(=O)[C@H]1CC(=O)[C@@]2(C)CC[C@H]3[C@@H](CC=C4C=C(OCCCN5CCC(F)CC5)C=C[C@@H]43)[C@H]12. The number of halogens is 1. The Morgan fingerprint density at radius 2 is 2.06 bits per heavy atom. The number of fused-ring (bicyclic) bond motifs is 5. The molecule has 5 nitrogen and oxygen atoms in total. The minimum Gasteiger partial charge on any atom is -0.494 e. The Morgan fingerprint density at radius 3 is 2.83 bits per heavy atom. The standard InChI is InChI=1S/C29H41FN2O3/c1-3-31-28(34)25-18-26(33)29(2)12-9-23-22-8-6-21(17-19(22)5-7-24(23)27(25)29)35-16-4-13-32-14-10-20(30)11-15-32/h5-6,8,17,20,22-25,27H,3-4,7,9-16,18H2,1-2H3,(H,31,34)/t22-,23+,24+,25-,27+,29+/m0/s1. The summed E-state index contributed by atoms with van der Waals surface area (Å²) >= 11 is 0. The second-order valence-corrected chi connectivity index (χ2v) is 11.5. The number of ether oxygens (including phenoxy) is 1. The van der Waals surface area contributed by atoms with Crippen molar-refractivity contribution in [1.82, 2.24) is 10.2 Å². The fourth-order valence-corrected chi connectivity index (χ4v) is 7.71. The van der Waals surface area contributed by atoms with Crippen molar-refractivity contribution in [1.29, 1.82) is 0 Å². The second-order valence-electron chi connectivity index (χ2n) is 11.5. The Labute approximate surface area is 209 Å². The lowest BCUT2D eigenvalue weighted by Crippen LogP contribution is -2.48. The zero-order chi connectivity index (χ0) is 24.6. The lowest BCUT2D eigenvalue weighted by Gasteiger charge is -2.51. The monoisotopic (exact) mass is 484 g/mol. The Kier molecular flexibility index (Phi) is 7.20. The molecule has 5 rings (SSSR count). The number of nitrogens with one attached hydrogen (secondary N) is 1. The summed E-state index contributed by atoms with van der Waals surface area (Å²) in [6.07, 6.45) is 13.9. The van der Waals surface area contributed by atoms with Gasteiger partial charge in [0.2, 0.25) is 5.91 Å². The average Bonchev–Trinajstić information content (AvgIpc) is 3.13. The first-order chi connectivity index (χ1) is 16.9. The molecule has 0 radical (unpaired) electrons. The summed E-state index contributed by atoms with van der Waals surface area (Å²) in [5, 5.41) is 3.00. The van der Waals surface area contributed by atoms with Gasteiger partial charge < -0.3 is 15.0 Å². The lowest BCUT2D eigenvalue weighted by molar-refractivity contribution is -0.131. The Bertz CT molecular complexity index is 919. The molecule has 5 aliphatic rings. The molecule has 3 fully saturated rings. The van der Waals surface area contributed by atoms with Crippen molar-refractivity contribution < 1.29 is 18.7 Å². The minimum absolute atomic E-state index is 0.0637. The van der Waals surface area contributed by atoms with Gasteiger partial charge in [-0.2, -0.15) is 0 Å². The Morgan fingerprint density at radius 1 is 1.26 bits per heavy atom. The molecule has 4 aliphatic carbocycles. The molecule has 35 heavy (non-hydrogen) atoms. The number of nitrogens with zero attached hydrogens (tertiary/aromatic N) is 1. The molecule has 2 saturated carbocycles. The fourth-order valence-electron chi connectivity index (χ4n) is 7.71. The van der Waals surface area contributed by atoms with Crippen LogP contribution in [0.4, 0.5) is 4.39 Å². The van der Waals surface area contributed by atoms with E-state index in [9.17, 15) is 14.0 Å². The van der Waals surface area contributed by atoms with Crippen LogP contribution >= 0.6 is 0 Å². The highest BCUT2D eigenvalue weighted by Gasteiger charge is 2.60. The first-order valence-electron chi connectivity index (χ1n) is 13.8. The van der Waals surface area contributed by atoms with E-state index in [1.165, 1.54) is 5.57 Å². The summed E-state index contributed by atoms with van der Waals surface area (Å²) in [5.41, 5.74) is 0.973. The average molecular weight is 485 g/mol. The van der Waals surface area contributed by atoms with E-state index in [0.717, 1.165) is 51.1 Å². The van der Waals surface area contributed by atoms with Crippen LogP contribution in [0, 0.1) is 35.0 Å². The number of alkyl halides is 1. The maximum Gasteiger partial charge on any atom is 0.223 e. The quantitative estimate of drug-likeness (QED) is 0.537. The summed E-state index contributed by atoms with van der Waals surface area (Å²) in [4.78, 5) is 28.3. The van der Waals surface area contributed by atoms with Crippen LogP contribution in [0.1, 0.15) is 58.8 Å². The van der Waals surface area contributed by atoms with Gasteiger partial charge in [-0.1, -0.05) is 19.1 Å². The number of allylic oxidation sites excluding steroid dienone is 5. The number of Topliss-reactive ketones (excluding diaryl/α,β-unsaturated/α-hetero) is 1. The number of carbonyl (C=O) groups excluding carboxylic acids is 2. The predicted molar refractivity (Wildman–Crippen MR) is 134 cm³/mol. The summed E-state index contributed by atoms with van der Waals surface area (Å²) in [6.45, 7) is 8.02. The summed E-state index contributed by atoms with van der Waals surface area (Å²) in [5.74, 6) is 2.41. The molecule has 1 heterocycles. The molecule has 0 bridgehead atoms. The smallest absolute Gasteiger partial charge is 0.223 e. The molecule has 0 aromatic heterocycles. The topological polar surface area (TPSA) is 58.6 Å². The van der Waals surface area contributed by atoms with E-state index < -0.39 is 6.17 Å². The van der Waals surface area contributed by atoms with Crippen LogP contribution < -0.4 is 5.32 Å². The van der Waals surface area contributed by atoms with Crippen LogP contribution in [-0.4, -0.2) is 55.5 Å². The van der Waals surface area contributed by atoms with E-state index in [1.54, 1.807) is 0 Å². The van der Waals surface area contributed by atoms with Crippen molar-refractivity contribution in [3.8, 4) is 0 Å². The van der Waals surface area contributed by atoms with Crippen LogP contribution in [0.3, 0.4) is 0 Å². The first-order valence-corrected chi connectivity index (χ1v) is 13.8. The summed E-state index contributed by atoms with van der Waals surface area (Å²) in [7, 11) is 0. The molecule has 6 heteroatoms. The van der Waals surface area contributed by atoms with Gasteiger partial charge in [-0.05, 0) is 80.9 Å². The highest BCUT2D eigenvalue weighted by molar-refractivity contribution is 5.94. The second kappa shape index (κ2) is 10.2. The van der Waals surface area contributed by atoms with Crippen molar-refractivity contribution in [2.75, 3.05) is 32.8 Å². The van der Waals surface area contributed by atoms with E-state index in [4.69, 9.17) is 4.74 Å². The van der Waals surface area contributed by atoms with Crippen molar-refractivity contribution >= 4 is 11.7 Å². The van der Waals surface area contributed by atoms with Crippen molar-refractivity contribution in [2.24, 2.45) is 35.0 Å². The van der Waals surface area contributed by atoms with Gasteiger partial charge in [0.1, 0.15) is 17.7 Å². The van der Waals surface area contributed by atoms with E-state index in [-0.39, 0.29) is 28.9 Å². The molecule has 0 aromatic rings. The number of rotatable bonds is 7. The van der Waals surface area contributed by atoms with Crippen LogP contribution in [0.5, 0.6) is 0 Å². The molecule has 1 amide bonds. The van der Waals surface area contributed by atoms with Gasteiger partial charge in [0.25, 0.3) is 0 Å². The number of ketones is 1. The van der Waals surface area contributed by atoms with Gasteiger partial charge in [-0.15, -0.1) is 0 Å². The number of piperidine rings is 1. The highest BCUT2D eigenvalue weighted by atomic mass is 19.1. The van der Waals surface area contributed by atoms with Crippen LogP contribution in [0.25, 0.3) is 0 Å². The van der Waals surface area contributed by atoms with Gasteiger partial charge in [0.05, 0.1) is 6.61 Å². The Hall–Kier alpha value is -1.95. The predicted octanol–water partition coefficient (Wildman–Crippen LogP) is 4.60. The maximum atomic E-state index is 13.3. The Balaban J connectivity index is 1.22. The van der Waals surface area contributed by atoms with Crippen molar-refractivity contribution in [2.45, 2.75) is 65.0 Å². The van der Waals surface area contributed by atoms with E-state index in [1.807, 2.05) is 6.92 Å². The van der Waals surface area contributed by atoms with Gasteiger partial charge in [-0.3, -0.25) is 9.59 Å². The molecule has 6 atom stereocenters. The van der Waals surface area contributed by atoms with Crippen molar-refractivity contribution in [3.05, 3.63) is 35.6 Å². The molecule has 1 N–H and O–H groups in total.